The van der Waals surface area contributed by atoms with Gasteiger partial charge in [-0.05, 0) is 73.5 Å². The summed E-state index contributed by atoms with van der Waals surface area (Å²) in [5, 5.41) is 11.8. The molecule has 0 unspecified atom stereocenters. The lowest BCUT2D eigenvalue weighted by molar-refractivity contribution is -0.132. The van der Waals surface area contributed by atoms with Crippen molar-refractivity contribution in [3.8, 4) is 17.2 Å². The summed E-state index contributed by atoms with van der Waals surface area (Å²) in [5.74, 6) is -0.340. The van der Waals surface area contributed by atoms with E-state index < -0.39 is 17.7 Å². The first-order valence-corrected chi connectivity index (χ1v) is 12.6. The van der Waals surface area contributed by atoms with E-state index in [1.54, 1.807) is 43.5 Å². The van der Waals surface area contributed by atoms with Gasteiger partial charge >= 0.3 is 5.91 Å². The fourth-order valence-corrected chi connectivity index (χ4v) is 5.77. The molecule has 9 heteroatoms. The van der Waals surface area contributed by atoms with Crippen LogP contribution in [0.3, 0.4) is 0 Å². The predicted octanol–water partition coefficient (Wildman–Crippen LogP) is 5.57. The fraction of sp³-hybridized carbons (Fsp3) is 0.207. The van der Waals surface area contributed by atoms with Gasteiger partial charge in [0.15, 0.2) is 5.13 Å². The molecular weight excluding hydrogens is 504 g/mol. The molecule has 0 radical (unpaired) electrons. The monoisotopic (exact) mass is 530 g/mol. The van der Waals surface area contributed by atoms with Crippen LogP contribution in [0.2, 0.25) is 0 Å². The zero-order valence-electron chi connectivity index (χ0n) is 21.6. The van der Waals surface area contributed by atoms with E-state index in [0.29, 0.717) is 39.0 Å². The average molecular weight is 531 g/mol. The number of aromatic nitrogens is 1. The van der Waals surface area contributed by atoms with Crippen molar-refractivity contribution in [2.24, 2.45) is 0 Å². The molecule has 2 heterocycles. The second-order valence-electron chi connectivity index (χ2n) is 8.93. The van der Waals surface area contributed by atoms with E-state index in [0.717, 1.165) is 15.8 Å². The second kappa shape index (κ2) is 9.83. The Balaban J connectivity index is 1.78. The third-order valence-electron chi connectivity index (χ3n) is 6.58. The Morgan fingerprint density at radius 3 is 2.34 bits per heavy atom. The summed E-state index contributed by atoms with van der Waals surface area (Å²) in [6.07, 6.45) is 0. The van der Waals surface area contributed by atoms with Gasteiger partial charge in [0.25, 0.3) is 5.78 Å². The molecule has 4 aromatic rings. The number of carbonyl (C=O) groups is 2. The Bertz CT molecular complexity index is 1620. The van der Waals surface area contributed by atoms with E-state index in [4.69, 9.17) is 14.2 Å². The highest BCUT2D eigenvalue weighted by Crippen LogP contribution is 2.47. The standard InChI is InChI=1S/C29H26N2O6S/c1-15-6-9-20-23(12-15)38-29(30-20)31-25(19-14-18(35-3)8-11-22(19)37-5)24(27(33)28(31)34)26(32)17-7-10-21(36-4)16(2)13-17/h6-14,25,32H,1-5H3/b26-24+/t25-/m0/s1. The van der Waals surface area contributed by atoms with Crippen molar-refractivity contribution >= 4 is 44.1 Å². The van der Waals surface area contributed by atoms with E-state index in [1.807, 2.05) is 32.0 Å². The largest absolute Gasteiger partial charge is 0.507 e. The fourth-order valence-electron chi connectivity index (χ4n) is 4.68. The topological polar surface area (TPSA) is 98.2 Å². The average Bonchev–Trinajstić information content (AvgIpc) is 3.45. The highest BCUT2D eigenvalue weighted by atomic mass is 32.1. The van der Waals surface area contributed by atoms with Gasteiger partial charge < -0.3 is 19.3 Å². The number of thiazole rings is 1. The quantitative estimate of drug-likeness (QED) is 0.198. The van der Waals surface area contributed by atoms with E-state index >= 15 is 0 Å². The first-order chi connectivity index (χ1) is 18.3. The Morgan fingerprint density at radius 1 is 0.921 bits per heavy atom. The molecule has 194 valence electrons. The molecular formula is C29H26N2O6S. The lowest BCUT2D eigenvalue weighted by Crippen LogP contribution is -2.29. The maximum absolute atomic E-state index is 13.6. The summed E-state index contributed by atoms with van der Waals surface area (Å²) in [6.45, 7) is 3.81. The Hall–Kier alpha value is -4.37. The minimum atomic E-state index is -1.01. The number of anilines is 1. The summed E-state index contributed by atoms with van der Waals surface area (Å²) in [7, 11) is 4.59. The van der Waals surface area contributed by atoms with Gasteiger partial charge in [0.2, 0.25) is 0 Å². The smallest absolute Gasteiger partial charge is 0.301 e. The van der Waals surface area contributed by atoms with E-state index in [9.17, 15) is 14.7 Å². The van der Waals surface area contributed by atoms with E-state index in [2.05, 4.69) is 4.98 Å². The normalized spacial score (nSPS) is 16.8. The number of hydrogen-bond donors (Lipinski definition) is 1. The number of nitrogens with zero attached hydrogens (tertiary/aromatic N) is 2. The number of methoxy groups -OCH3 is 3. The molecule has 1 aromatic heterocycles. The molecule has 1 N–H and O–H groups in total. The number of fused-ring (bicyclic) bond motifs is 1. The SMILES string of the molecule is COc1ccc(OC)c([C@H]2/C(=C(\O)c3ccc(OC)c(C)c3)C(=O)C(=O)N2c2nc3ccc(C)cc3s2)c1. The number of aryl methyl sites for hydroxylation is 2. The van der Waals surface area contributed by atoms with Gasteiger partial charge in [-0.1, -0.05) is 17.4 Å². The summed E-state index contributed by atoms with van der Waals surface area (Å²) in [4.78, 5) is 33.2. The summed E-state index contributed by atoms with van der Waals surface area (Å²) < 4.78 is 17.3. The van der Waals surface area contributed by atoms with Crippen LogP contribution in [-0.2, 0) is 9.59 Å². The summed E-state index contributed by atoms with van der Waals surface area (Å²) >= 11 is 1.30. The van der Waals surface area contributed by atoms with Gasteiger partial charge in [-0.25, -0.2) is 4.98 Å². The molecule has 1 aliphatic heterocycles. The third-order valence-corrected chi connectivity index (χ3v) is 7.60. The van der Waals surface area contributed by atoms with Crippen LogP contribution in [0.15, 0.2) is 60.2 Å². The lowest BCUT2D eigenvalue weighted by atomic mass is 9.94. The Kier molecular flexibility index (Phi) is 6.54. The summed E-state index contributed by atoms with van der Waals surface area (Å²) in [5.41, 5.74) is 3.32. The van der Waals surface area contributed by atoms with Crippen molar-refractivity contribution in [2.45, 2.75) is 19.9 Å². The number of ketones is 1. The number of Topliss-reactive ketones (excluding diaryl/α,β-unsaturated/α-hetero) is 1. The molecule has 1 atom stereocenters. The van der Waals surface area contributed by atoms with Crippen LogP contribution in [0, 0.1) is 13.8 Å². The first-order valence-electron chi connectivity index (χ1n) is 11.8. The van der Waals surface area contributed by atoms with E-state index in [-0.39, 0.29) is 11.3 Å². The maximum Gasteiger partial charge on any atom is 0.301 e. The van der Waals surface area contributed by atoms with Crippen LogP contribution in [0.5, 0.6) is 17.2 Å². The Labute approximate surface area is 223 Å². The third kappa shape index (κ3) is 4.14. The van der Waals surface area contributed by atoms with Crippen LogP contribution < -0.4 is 19.1 Å². The minimum Gasteiger partial charge on any atom is -0.507 e. The highest BCUT2D eigenvalue weighted by Gasteiger charge is 2.49. The number of hydrogen-bond acceptors (Lipinski definition) is 8. The van der Waals surface area contributed by atoms with Crippen molar-refractivity contribution in [1.82, 2.24) is 4.98 Å². The molecule has 3 aromatic carbocycles. The minimum absolute atomic E-state index is 0.0680. The van der Waals surface area contributed by atoms with Crippen LogP contribution >= 0.6 is 11.3 Å². The number of ether oxygens (including phenoxy) is 3. The highest BCUT2D eigenvalue weighted by molar-refractivity contribution is 7.22. The molecule has 1 fully saturated rings. The second-order valence-corrected chi connectivity index (χ2v) is 9.94. The molecule has 1 aliphatic rings. The van der Waals surface area contributed by atoms with Crippen molar-refractivity contribution in [3.63, 3.8) is 0 Å². The molecule has 0 aliphatic carbocycles. The first kappa shape index (κ1) is 25.3. The van der Waals surface area contributed by atoms with Crippen molar-refractivity contribution in [2.75, 3.05) is 26.2 Å². The van der Waals surface area contributed by atoms with Gasteiger partial charge in [-0.2, -0.15) is 0 Å². The summed E-state index contributed by atoms with van der Waals surface area (Å²) in [6, 6.07) is 15.0. The number of aliphatic hydroxyl groups excluding tert-OH is 1. The van der Waals surface area contributed by atoms with Crippen LogP contribution in [-0.4, -0.2) is 43.1 Å². The number of benzene rings is 3. The van der Waals surface area contributed by atoms with Crippen LogP contribution in [0.25, 0.3) is 16.0 Å². The van der Waals surface area contributed by atoms with Crippen LogP contribution in [0.1, 0.15) is 28.3 Å². The molecule has 0 saturated carbocycles. The molecule has 8 nitrogen and oxygen atoms in total. The van der Waals surface area contributed by atoms with Crippen molar-refractivity contribution < 1.29 is 28.9 Å². The van der Waals surface area contributed by atoms with Crippen molar-refractivity contribution in [3.05, 3.63) is 82.4 Å². The van der Waals surface area contributed by atoms with Crippen molar-refractivity contribution in [1.29, 1.82) is 0 Å². The Morgan fingerprint density at radius 2 is 1.66 bits per heavy atom. The van der Waals surface area contributed by atoms with Gasteiger partial charge in [0, 0.05) is 11.1 Å². The molecule has 0 bridgehead atoms. The zero-order chi connectivity index (χ0) is 27.1. The number of carbonyl (C=O) groups excluding carboxylic acids is 2. The lowest BCUT2D eigenvalue weighted by Gasteiger charge is -2.25. The zero-order valence-corrected chi connectivity index (χ0v) is 22.4. The molecule has 1 saturated heterocycles. The predicted molar refractivity (Wildman–Crippen MR) is 146 cm³/mol. The molecule has 5 rings (SSSR count). The van der Waals surface area contributed by atoms with Gasteiger partial charge in [-0.15, -0.1) is 0 Å². The number of rotatable bonds is 6. The molecule has 38 heavy (non-hydrogen) atoms. The van der Waals surface area contributed by atoms with Gasteiger partial charge in [0.1, 0.15) is 29.0 Å². The number of aliphatic hydroxyl groups is 1. The molecule has 0 spiro atoms. The van der Waals surface area contributed by atoms with Crippen LogP contribution in [0.4, 0.5) is 5.13 Å². The van der Waals surface area contributed by atoms with Gasteiger partial charge in [0.05, 0.1) is 37.1 Å². The number of amides is 1. The van der Waals surface area contributed by atoms with Gasteiger partial charge in [-0.3, -0.25) is 14.5 Å². The maximum atomic E-state index is 13.6. The van der Waals surface area contributed by atoms with E-state index in [1.165, 1.54) is 30.5 Å². The molecule has 1 amide bonds.